The summed E-state index contributed by atoms with van der Waals surface area (Å²) in [6.07, 6.45) is 4.62. The number of aromatic nitrogens is 3. The van der Waals surface area contributed by atoms with Crippen LogP contribution in [0, 0.1) is 17.2 Å². The van der Waals surface area contributed by atoms with Crippen LogP contribution in [0.5, 0.6) is 0 Å². The van der Waals surface area contributed by atoms with E-state index >= 15 is 0 Å². The van der Waals surface area contributed by atoms with E-state index in [0.717, 1.165) is 18.7 Å². The summed E-state index contributed by atoms with van der Waals surface area (Å²) in [6, 6.07) is 7.53. The van der Waals surface area contributed by atoms with Gasteiger partial charge in [0.15, 0.2) is 0 Å². The Hall–Kier alpha value is -3.35. The van der Waals surface area contributed by atoms with E-state index in [1.165, 1.54) is 0 Å². The maximum atomic E-state index is 13.4. The van der Waals surface area contributed by atoms with Gasteiger partial charge in [0.2, 0.25) is 11.9 Å². The van der Waals surface area contributed by atoms with Gasteiger partial charge in [-0.15, -0.1) is 0 Å². The summed E-state index contributed by atoms with van der Waals surface area (Å²) in [7, 11) is 0. The van der Waals surface area contributed by atoms with Crippen molar-refractivity contribution in [1.29, 1.82) is 5.26 Å². The van der Waals surface area contributed by atoms with E-state index in [1.54, 1.807) is 23.4 Å². The van der Waals surface area contributed by atoms with Gasteiger partial charge in [-0.2, -0.15) is 10.2 Å². The molecule has 2 bridgehead atoms. The number of nitriles is 1. The van der Waals surface area contributed by atoms with Crippen molar-refractivity contribution in [3.05, 3.63) is 36.3 Å². The molecular weight excluding hydrogens is 428 g/mol. The molecule has 2 aliphatic heterocycles. The predicted molar refractivity (Wildman–Crippen MR) is 117 cm³/mol. The first kappa shape index (κ1) is 21.5. The highest BCUT2D eigenvalue weighted by atomic mass is 19.3. The van der Waals surface area contributed by atoms with Gasteiger partial charge in [0, 0.05) is 37.8 Å². The van der Waals surface area contributed by atoms with E-state index in [-0.39, 0.29) is 18.5 Å². The maximum absolute atomic E-state index is 13.4. The van der Waals surface area contributed by atoms with Crippen LogP contribution in [0.1, 0.15) is 38.8 Å². The second-order valence-corrected chi connectivity index (χ2v) is 9.59. The number of amides is 1. The van der Waals surface area contributed by atoms with Gasteiger partial charge in [0.1, 0.15) is 11.7 Å². The van der Waals surface area contributed by atoms with Crippen molar-refractivity contribution in [2.45, 2.75) is 56.5 Å². The topological polar surface area (TPSA) is 98.0 Å². The Bertz CT molecular complexity index is 1100. The zero-order chi connectivity index (χ0) is 23.4. The average Bonchev–Trinajstić information content (AvgIpc) is 3.36. The molecule has 3 atom stereocenters. The number of anilines is 3. The molecule has 1 aliphatic carbocycles. The first-order valence-electron chi connectivity index (χ1n) is 11.1. The SMILES string of the molecule is CC(C)(C#N)c1ccc(Nc2nccc(N3CC4CC[C@@H](C3)N4C(=O)C3CC3(F)F)n2)cn1. The van der Waals surface area contributed by atoms with Crippen LogP contribution in [0.4, 0.5) is 26.2 Å². The summed E-state index contributed by atoms with van der Waals surface area (Å²) in [5.74, 6) is -3.24. The third-order valence-electron chi connectivity index (χ3n) is 6.77. The minimum atomic E-state index is -2.84. The van der Waals surface area contributed by atoms with Crippen molar-refractivity contribution in [2.75, 3.05) is 23.3 Å². The summed E-state index contributed by atoms with van der Waals surface area (Å²) in [5.41, 5.74) is 0.704. The number of rotatable bonds is 5. The van der Waals surface area contributed by atoms with Gasteiger partial charge in [0.05, 0.1) is 29.1 Å². The fraction of sp³-hybridized carbons (Fsp3) is 0.522. The van der Waals surface area contributed by atoms with Crippen LogP contribution in [-0.2, 0) is 10.2 Å². The van der Waals surface area contributed by atoms with Crippen molar-refractivity contribution in [1.82, 2.24) is 19.9 Å². The molecule has 0 radical (unpaired) electrons. The Labute approximate surface area is 190 Å². The Kier molecular flexibility index (Phi) is 4.96. The van der Waals surface area contributed by atoms with Crippen molar-refractivity contribution in [2.24, 2.45) is 5.92 Å². The van der Waals surface area contributed by atoms with Crippen LogP contribution in [-0.4, -0.2) is 56.9 Å². The number of piperazine rings is 1. The van der Waals surface area contributed by atoms with E-state index < -0.39 is 23.2 Å². The summed E-state index contributed by atoms with van der Waals surface area (Å²) < 4.78 is 26.9. The van der Waals surface area contributed by atoms with Crippen LogP contribution in [0.15, 0.2) is 30.6 Å². The molecule has 3 aliphatic rings. The fourth-order valence-electron chi connectivity index (χ4n) is 4.72. The number of halogens is 2. The van der Waals surface area contributed by atoms with Crippen LogP contribution in [0.3, 0.4) is 0 Å². The fourth-order valence-corrected chi connectivity index (χ4v) is 4.72. The molecule has 3 fully saturated rings. The molecule has 10 heteroatoms. The molecule has 1 saturated carbocycles. The molecule has 1 N–H and O–H groups in total. The van der Waals surface area contributed by atoms with Gasteiger partial charge in [-0.3, -0.25) is 9.78 Å². The lowest BCUT2D eigenvalue weighted by atomic mass is 9.91. The van der Waals surface area contributed by atoms with Crippen molar-refractivity contribution < 1.29 is 13.6 Å². The molecule has 0 aromatic carbocycles. The quantitative estimate of drug-likeness (QED) is 0.742. The molecule has 8 nitrogen and oxygen atoms in total. The van der Waals surface area contributed by atoms with E-state index in [1.807, 2.05) is 26.0 Å². The molecule has 2 unspecified atom stereocenters. The van der Waals surface area contributed by atoms with E-state index in [9.17, 15) is 18.8 Å². The number of pyridine rings is 1. The molecular formula is C23H25F2N7O. The van der Waals surface area contributed by atoms with Gasteiger partial charge < -0.3 is 15.1 Å². The van der Waals surface area contributed by atoms with E-state index in [4.69, 9.17) is 0 Å². The highest BCUT2D eigenvalue weighted by molar-refractivity contribution is 5.84. The lowest BCUT2D eigenvalue weighted by Crippen LogP contribution is -2.56. The number of nitrogens with zero attached hydrogens (tertiary/aromatic N) is 6. The average molecular weight is 453 g/mol. The zero-order valence-corrected chi connectivity index (χ0v) is 18.5. The molecule has 5 rings (SSSR count). The Balaban J connectivity index is 1.27. The monoisotopic (exact) mass is 453 g/mol. The number of carbonyl (C=O) groups is 1. The van der Waals surface area contributed by atoms with E-state index in [2.05, 4.69) is 31.2 Å². The van der Waals surface area contributed by atoms with Gasteiger partial charge in [-0.1, -0.05) is 0 Å². The van der Waals surface area contributed by atoms with Crippen LogP contribution in [0.25, 0.3) is 0 Å². The molecule has 4 heterocycles. The third kappa shape index (κ3) is 3.96. The smallest absolute Gasteiger partial charge is 0.260 e. The van der Waals surface area contributed by atoms with Gasteiger partial charge in [-0.05, 0) is 44.9 Å². The number of hydrogen-bond donors (Lipinski definition) is 1. The van der Waals surface area contributed by atoms with Gasteiger partial charge in [-0.25, -0.2) is 13.8 Å². The highest BCUT2D eigenvalue weighted by Gasteiger charge is 2.64. The molecule has 172 valence electrons. The Morgan fingerprint density at radius 3 is 2.48 bits per heavy atom. The minimum Gasteiger partial charge on any atom is -0.352 e. The number of hydrogen-bond acceptors (Lipinski definition) is 7. The molecule has 2 aromatic heterocycles. The zero-order valence-electron chi connectivity index (χ0n) is 18.5. The Morgan fingerprint density at radius 2 is 1.91 bits per heavy atom. The number of nitrogens with one attached hydrogen (secondary N) is 1. The summed E-state index contributed by atoms with van der Waals surface area (Å²) >= 11 is 0. The first-order chi connectivity index (χ1) is 15.7. The second-order valence-electron chi connectivity index (χ2n) is 9.59. The normalized spacial score (nSPS) is 25.5. The van der Waals surface area contributed by atoms with Crippen LogP contribution in [0.2, 0.25) is 0 Å². The number of alkyl halides is 2. The molecule has 2 aromatic rings. The van der Waals surface area contributed by atoms with Crippen molar-refractivity contribution in [3.8, 4) is 6.07 Å². The van der Waals surface area contributed by atoms with E-state index in [0.29, 0.717) is 30.4 Å². The molecule has 0 spiro atoms. The predicted octanol–water partition coefficient (Wildman–Crippen LogP) is 3.25. The summed E-state index contributed by atoms with van der Waals surface area (Å²) in [4.78, 5) is 29.7. The third-order valence-corrected chi connectivity index (χ3v) is 6.77. The summed E-state index contributed by atoms with van der Waals surface area (Å²) in [6.45, 7) is 4.75. The minimum absolute atomic E-state index is 0.0701. The largest absolute Gasteiger partial charge is 0.352 e. The lowest BCUT2D eigenvalue weighted by molar-refractivity contribution is -0.138. The first-order valence-corrected chi connectivity index (χ1v) is 11.1. The molecule has 33 heavy (non-hydrogen) atoms. The molecule has 1 amide bonds. The van der Waals surface area contributed by atoms with Crippen LogP contribution < -0.4 is 10.2 Å². The van der Waals surface area contributed by atoms with Gasteiger partial charge >= 0.3 is 0 Å². The van der Waals surface area contributed by atoms with Crippen molar-refractivity contribution in [3.63, 3.8) is 0 Å². The lowest BCUT2D eigenvalue weighted by Gasteiger charge is -2.41. The van der Waals surface area contributed by atoms with Crippen molar-refractivity contribution >= 4 is 23.4 Å². The van der Waals surface area contributed by atoms with Crippen LogP contribution >= 0.6 is 0 Å². The number of carbonyl (C=O) groups excluding carboxylic acids is 1. The molecule has 2 saturated heterocycles. The standard InChI is InChI=1S/C23H25F2N7O/c1-22(2,13-26)18-6-3-14(10-28-18)29-21-27-8-7-19(30-21)31-11-15-4-5-16(12-31)32(15)20(33)17-9-23(17,24)25/h3,6-8,10,15-17H,4-5,9,11-12H2,1-2H3,(H,27,29,30)/t15-,16?,17?/m0/s1. The maximum Gasteiger partial charge on any atom is 0.260 e. The second kappa shape index (κ2) is 7.61. The highest BCUT2D eigenvalue weighted by Crippen LogP contribution is 2.51. The Morgan fingerprint density at radius 1 is 1.21 bits per heavy atom. The number of fused-ring (bicyclic) bond motifs is 2. The summed E-state index contributed by atoms with van der Waals surface area (Å²) in [5, 5.41) is 12.4. The van der Waals surface area contributed by atoms with Gasteiger partial charge in [0.25, 0.3) is 5.92 Å².